The topological polar surface area (TPSA) is 58.7 Å². The van der Waals surface area contributed by atoms with Crippen molar-refractivity contribution in [3.63, 3.8) is 0 Å². The molecule has 0 aliphatic carbocycles. The first-order valence-electron chi connectivity index (χ1n) is 6.48. The van der Waals surface area contributed by atoms with Crippen molar-refractivity contribution in [3.8, 4) is 0 Å². The summed E-state index contributed by atoms with van der Waals surface area (Å²) in [4.78, 5) is 2.38. The second-order valence-corrected chi connectivity index (χ2v) is 4.61. The minimum absolute atomic E-state index is 0.350. The van der Waals surface area contributed by atoms with Crippen molar-refractivity contribution in [1.29, 1.82) is 0 Å². The SMILES string of the molecule is CCCOC1CCCN(CCC(O)CN)C1. The van der Waals surface area contributed by atoms with E-state index in [1.807, 2.05) is 0 Å². The number of aliphatic hydroxyl groups is 1. The molecule has 4 heteroatoms. The van der Waals surface area contributed by atoms with Gasteiger partial charge < -0.3 is 20.5 Å². The highest BCUT2D eigenvalue weighted by Gasteiger charge is 2.20. The van der Waals surface area contributed by atoms with E-state index in [0.29, 0.717) is 12.6 Å². The molecule has 0 saturated carbocycles. The van der Waals surface area contributed by atoms with Crippen LogP contribution in [0.15, 0.2) is 0 Å². The third-order valence-corrected chi connectivity index (χ3v) is 3.07. The number of rotatable bonds is 7. The maximum absolute atomic E-state index is 9.41. The van der Waals surface area contributed by atoms with E-state index in [0.717, 1.165) is 39.1 Å². The third kappa shape index (κ3) is 5.25. The van der Waals surface area contributed by atoms with E-state index < -0.39 is 0 Å². The second kappa shape index (κ2) is 8.01. The largest absolute Gasteiger partial charge is 0.392 e. The molecule has 1 heterocycles. The molecule has 2 atom stereocenters. The summed E-state index contributed by atoms with van der Waals surface area (Å²) in [6, 6.07) is 0. The molecule has 0 amide bonds. The summed E-state index contributed by atoms with van der Waals surface area (Å²) in [6.07, 6.45) is 4.28. The highest BCUT2D eigenvalue weighted by atomic mass is 16.5. The van der Waals surface area contributed by atoms with Crippen molar-refractivity contribution >= 4 is 0 Å². The molecule has 1 aliphatic rings. The number of hydrogen-bond donors (Lipinski definition) is 2. The normalized spacial score (nSPS) is 24.6. The zero-order valence-corrected chi connectivity index (χ0v) is 10.4. The van der Waals surface area contributed by atoms with Gasteiger partial charge in [0, 0.05) is 26.2 Å². The van der Waals surface area contributed by atoms with E-state index in [1.54, 1.807) is 0 Å². The van der Waals surface area contributed by atoms with Crippen LogP contribution in [0.4, 0.5) is 0 Å². The van der Waals surface area contributed by atoms with Gasteiger partial charge in [-0.3, -0.25) is 0 Å². The minimum atomic E-state index is -0.350. The molecule has 0 bridgehead atoms. The fraction of sp³-hybridized carbons (Fsp3) is 1.00. The molecule has 3 N–H and O–H groups in total. The van der Waals surface area contributed by atoms with Gasteiger partial charge in [-0.05, 0) is 32.2 Å². The molecule has 1 aliphatic heterocycles. The smallest absolute Gasteiger partial charge is 0.0702 e. The van der Waals surface area contributed by atoms with Gasteiger partial charge in [0.1, 0.15) is 0 Å². The molecular weight excluding hydrogens is 204 g/mol. The summed E-state index contributed by atoms with van der Waals surface area (Å²) in [5, 5.41) is 9.41. The number of hydrogen-bond acceptors (Lipinski definition) is 4. The van der Waals surface area contributed by atoms with Gasteiger partial charge in [0.2, 0.25) is 0 Å². The Morgan fingerprint density at radius 3 is 3.06 bits per heavy atom. The van der Waals surface area contributed by atoms with Gasteiger partial charge in [-0.2, -0.15) is 0 Å². The van der Waals surface area contributed by atoms with E-state index in [2.05, 4.69) is 11.8 Å². The average Bonchev–Trinajstić information content (AvgIpc) is 2.34. The molecule has 0 radical (unpaired) electrons. The Bertz CT molecular complexity index is 178. The third-order valence-electron chi connectivity index (χ3n) is 3.07. The summed E-state index contributed by atoms with van der Waals surface area (Å²) in [7, 11) is 0. The molecule has 1 fully saturated rings. The molecule has 2 unspecified atom stereocenters. The average molecular weight is 230 g/mol. The van der Waals surface area contributed by atoms with Crippen molar-refractivity contribution in [3.05, 3.63) is 0 Å². The van der Waals surface area contributed by atoms with Crippen LogP contribution in [-0.2, 0) is 4.74 Å². The second-order valence-electron chi connectivity index (χ2n) is 4.61. The molecule has 4 nitrogen and oxygen atoms in total. The van der Waals surface area contributed by atoms with E-state index >= 15 is 0 Å². The van der Waals surface area contributed by atoms with Gasteiger partial charge in [0.05, 0.1) is 12.2 Å². The summed E-state index contributed by atoms with van der Waals surface area (Å²) in [5.41, 5.74) is 5.39. The molecule has 1 saturated heterocycles. The molecule has 1 rings (SSSR count). The van der Waals surface area contributed by atoms with Crippen LogP contribution in [0, 0.1) is 0 Å². The number of likely N-dealkylation sites (tertiary alicyclic amines) is 1. The molecule has 16 heavy (non-hydrogen) atoms. The monoisotopic (exact) mass is 230 g/mol. The van der Waals surface area contributed by atoms with Crippen molar-refractivity contribution in [2.45, 2.75) is 44.8 Å². The van der Waals surface area contributed by atoms with Crippen molar-refractivity contribution < 1.29 is 9.84 Å². The standard InChI is InChI=1S/C12H26N2O2/c1-2-8-16-12-4-3-6-14(10-12)7-5-11(15)9-13/h11-12,15H,2-10,13H2,1H3. The first-order chi connectivity index (χ1) is 7.76. The van der Waals surface area contributed by atoms with Gasteiger partial charge in [-0.25, -0.2) is 0 Å². The van der Waals surface area contributed by atoms with Crippen molar-refractivity contribution in [1.82, 2.24) is 4.90 Å². The lowest BCUT2D eigenvalue weighted by atomic mass is 10.1. The van der Waals surface area contributed by atoms with Crippen molar-refractivity contribution in [2.75, 3.05) is 32.8 Å². The number of nitrogens with zero attached hydrogens (tertiary/aromatic N) is 1. The Labute approximate surface area is 98.8 Å². The lowest BCUT2D eigenvalue weighted by Crippen LogP contribution is -2.41. The van der Waals surface area contributed by atoms with Crippen LogP contribution in [0.2, 0.25) is 0 Å². The Balaban J connectivity index is 2.17. The van der Waals surface area contributed by atoms with Gasteiger partial charge in [-0.15, -0.1) is 0 Å². The number of aliphatic hydroxyl groups excluding tert-OH is 1. The van der Waals surface area contributed by atoms with Crippen LogP contribution in [-0.4, -0.2) is 55.0 Å². The first-order valence-corrected chi connectivity index (χ1v) is 6.48. The van der Waals surface area contributed by atoms with Crippen LogP contribution in [0.3, 0.4) is 0 Å². The maximum atomic E-state index is 9.41. The fourth-order valence-electron chi connectivity index (χ4n) is 2.09. The highest BCUT2D eigenvalue weighted by molar-refractivity contribution is 4.74. The Kier molecular flexibility index (Phi) is 6.96. The highest BCUT2D eigenvalue weighted by Crippen LogP contribution is 2.14. The number of ether oxygens (including phenoxy) is 1. The Morgan fingerprint density at radius 2 is 2.38 bits per heavy atom. The molecule has 96 valence electrons. The van der Waals surface area contributed by atoms with Gasteiger partial charge in [0.15, 0.2) is 0 Å². The molecule has 0 aromatic carbocycles. The number of piperidine rings is 1. The van der Waals surface area contributed by atoms with Crippen LogP contribution in [0.25, 0.3) is 0 Å². The van der Waals surface area contributed by atoms with E-state index in [-0.39, 0.29) is 6.10 Å². The lowest BCUT2D eigenvalue weighted by molar-refractivity contribution is -0.00314. The quantitative estimate of drug-likeness (QED) is 0.672. The zero-order chi connectivity index (χ0) is 11.8. The molecule has 0 aromatic heterocycles. The molecular formula is C12H26N2O2. The predicted octanol–water partition coefficient (Wildman–Crippen LogP) is 0.587. The fourth-order valence-corrected chi connectivity index (χ4v) is 2.09. The predicted molar refractivity (Wildman–Crippen MR) is 65.4 cm³/mol. The Hall–Kier alpha value is -0.160. The van der Waals surface area contributed by atoms with E-state index in [1.165, 1.54) is 12.8 Å². The van der Waals surface area contributed by atoms with Crippen LogP contribution in [0.5, 0.6) is 0 Å². The summed E-state index contributed by atoms with van der Waals surface area (Å²) in [6.45, 7) is 6.44. The van der Waals surface area contributed by atoms with Gasteiger partial charge >= 0.3 is 0 Å². The molecule has 0 aromatic rings. The van der Waals surface area contributed by atoms with Gasteiger partial charge in [-0.1, -0.05) is 6.92 Å². The van der Waals surface area contributed by atoms with Crippen LogP contribution in [0.1, 0.15) is 32.6 Å². The maximum Gasteiger partial charge on any atom is 0.0702 e. The Morgan fingerprint density at radius 1 is 1.56 bits per heavy atom. The van der Waals surface area contributed by atoms with Crippen LogP contribution >= 0.6 is 0 Å². The zero-order valence-electron chi connectivity index (χ0n) is 10.4. The van der Waals surface area contributed by atoms with Gasteiger partial charge in [0.25, 0.3) is 0 Å². The first kappa shape index (κ1) is 13.9. The van der Waals surface area contributed by atoms with E-state index in [9.17, 15) is 5.11 Å². The number of nitrogens with two attached hydrogens (primary N) is 1. The summed E-state index contributed by atoms with van der Waals surface area (Å²) in [5.74, 6) is 0. The van der Waals surface area contributed by atoms with Crippen molar-refractivity contribution in [2.24, 2.45) is 5.73 Å². The minimum Gasteiger partial charge on any atom is -0.392 e. The summed E-state index contributed by atoms with van der Waals surface area (Å²) >= 11 is 0. The molecule has 0 spiro atoms. The summed E-state index contributed by atoms with van der Waals surface area (Å²) < 4.78 is 5.77. The van der Waals surface area contributed by atoms with E-state index in [4.69, 9.17) is 10.5 Å². The lowest BCUT2D eigenvalue weighted by Gasteiger charge is -2.33. The van der Waals surface area contributed by atoms with Crippen LogP contribution < -0.4 is 5.73 Å².